The zero-order valence-electron chi connectivity index (χ0n) is 14.4. The van der Waals surface area contributed by atoms with Gasteiger partial charge < -0.3 is 19.4 Å². The Bertz CT molecular complexity index is 663. The van der Waals surface area contributed by atoms with Crippen LogP contribution in [0.4, 0.5) is 5.88 Å². The molecular weight excluding hydrogens is 344 g/mol. The number of hydrogen-bond donors (Lipinski definition) is 1. The van der Waals surface area contributed by atoms with Crippen molar-refractivity contribution in [3.63, 3.8) is 0 Å². The van der Waals surface area contributed by atoms with Gasteiger partial charge in [-0.15, -0.1) is 0 Å². The van der Waals surface area contributed by atoms with Gasteiger partial charge in [0, 0.05) is 32.7 Å². The quantitative estimate of drug-likeness (QED) is 0.413. The number of carbonyl (C=O) groups is 2. The summed E-state index contributed by atoms with van der Waals surface area (Å²) in [5.74, 6) is -1.30. The van der Waals surface area contributed by atoms with E-state index in [4.69, 9.17) is 9.15 Å². The standard InChI is InChI=1S/C16H22N4O6/c21-15(17-4-1-5-18-6-8-25-9-7-18)12-10-19(11-12)16(22)13-2-3-14(26-13)20(23)24/h2-3,12H,1,4-11H2,(H,17,21). The molecule has 2 aliphatic rings. The van der Waals surface area contributed by atoms with Crippen LogP contribution in [0.25, 0.3) is 0 Å². The van der Waals surface area contributed by atoms with Crippen molar-refractivity contribution in [1.82, 2.24) is 15.1 Å². The maximum absolute atomic E-state index is 12.1. The monoisotopic (exact) mass is 366 g/mol. The number of hydrogen-bond acceptors (Lipinski definition) is 7. The fraction of sp³-hybridized carbons (Fsp3) is 0.625. The summed E-state index contributed by atoms with van der Waals surface area (Å²) in [6.45, 7) is 5.50. The first-order valence-corrected chi connectivity index (χ1v) is 8.66. The third kappa shape index (κ3) is 4.38. The molecule has 1 aromatic rings. The third-order valence-corrected chi connectivity index (χ3v) is 4.58. The summed E-state index contributed by atoms with van der Waals surface area (Å²) in [5, 5.41) is 13.5. The predicted octanol–water partition coefficient (Wildman–Crippen LogP) is 0.0983. The highest BCUT2D eigenvalue weighted by Crippen LogP contribution is 2.22. The summed E-state index contributed by atoms with van der Waals surface area (Å²) < 4.78 is 10.2. The smallest absolute Gasteiger partial charge is 0.395 e. The Labute approximate surface area is 150 Å². The van der Waals surface area contributed by atoms with E-state index in [0.29, 0.717) is 19.6 Å². The fourth-order valence-corrected chi connectivity index (χ4v) is 2.99. The molecule has 10 heteroatoms. The number of furan rings is 1. The molecule has 26 heavy (non-hydrogen) atoms. The number of nitrogens with zero attached hydrogens (tertiary/aromatic N) is 3. The van der Waals surface area contributed by atoms with Crippen molar-refractivity contribution >= 4 is 17.7 Å². The number of rotatable bonds is 7. The molecule has 0 unspecified atom stereocenters. The molecule has 1 N–H and O–H groups in total. The number of amides is 2. The van der Waals surface area contributed by atoms with Crippen molar-refractivity contribution in [1.29, 1.82) is 0 Å². The van der Waals surface area contributed by atoms with Gasteiger partial charge in [-0.25, -0.2) is 0 Å². The lowest BCUT2D eigenvalue weighted by Gasteiger charge is -2.37. The van der Waals surface area contributed by atoms with Gasteiger partial charge >= 0.3 is 5.88 Å². The minimum absolute atomic E-state index is 0.0681. The molecule has 2 fully saturated rings. The first-order valence-electron chi connectivity index (χ1n) is 8.66. The number of nitro groups is 1. The van der Waals surface area contributed by atoms with Crippen molar-refractivity contribution in [2.24, 2.45) is 5.92 Å². The van der Waals surface area contributed by atoms with Gasteiger partial charge in [-0.05, 0) is 19.0 Å². The minimum Gasteiger partial charge on any atom is -0.395 e. The molecule has 0 spiro atoms. The summed E-state index contributed by atoms with van der Waals surface area (Å²) in [6, 6.07) is 2.42. The second-order valence-electron chi connectivity index (χ2n) is 6.40. The Kier molecular flexibility index (Phi) is 5.84. The molecule has 3 rings (SSSR count). The lowest BCUT2D eigenvalue weighted by atomic mass is 9.98. The third-order valence-electron chi connectivity index (χ3n) is 4.58. The van der Waals surface area contributed by atoms with Crippen LogP contribution in [0.2, 0.25) is 0 Å². The molecule has 142 valence electrons. The van der Waals surface area contributed by atoms with Crippen molar-refractivity contribution in [2.45, 2.75) is 6.42 Å². The number of carbonyl (C=O) groups excluding carboxylic acids is 2. The molecule has 0 aromatic carbocycles. The molecule has 2 aliphatic heterocycles. The van der Waals surface area contributed by atoms with Crippen LogP contribution in [0, 0.1) is 16.0 Å². The Morgan fingerprint density at radius 2 is 2.00 bits per heavy atom. The van der Waals surface area contributed by atoms with E-state index in [2.05, 4.69) is 10.2 Å². The van der Waals surface area contributed by atoms with E-state index in [1.165, 1.54) is 11.0 Å². The highest BCUT2D eigenvalue weighted by molar-refractivity contribution is 5.94. The van der Waals surface area contributed by atoms with E-state index in [9.17, 15) is 19.7 Å². The molecular formula is C16H22N4O6. The van der Waals surface area contributed by atoms with Gasteiger partial charge in [-0.3, -0.25) is 24.6 Å². The first-order chi connectivity index (χ1) is 12.5. The maximum Gasteiger partial charge on any atom is 0.433 e. The normalized spacial score (nSPS) is 18.4. The van der Waals surface area contributed by atoms with Crippen LogP contribution >= 0.6 is 0 Å². The molecule has 2 amide bonds. The van der Waals surface area contributed by atoms with Crippen LogP contribution in [-0.4, -0.2) is 79.0 Å². The lowest BCUT2D eigenvalue weighted by molar-refractivity contribution is -0.402. The Hall–Kier alpha value is -2.46. The number of likely N-dealkylation sites (tertiary alicyclic amines) is 1. The van der Waals surface area contributed by atoms with E-state index in [1.54, 1.807) is 0 Å². The lowest BCUT2D eigenvalue weighted by Crippen LogP contribution is -2.55. The van der Waals surface area contributed by atoms with Gasteiger partial charge in [0.1, 0.15) is 4.92 Å². The van der Waals surface area contributed by atoms with E-state index >= 15 is 0 Å². The zero-order chi connectivity index (χ0) is 18.5. The van der Waals surface area contributed by atoms with E-state index in [0.717, 1.165) is 45.3 Å². The van der Waals surface area contributed by atoms with E-state index in [1.807, 2.05) is 0 Å². The van der Waals surface area contributed by atoms with Crippen LogP contribution in [0.1, 0.15) is 17.0 Å². The highest BCUT2D eigenvalue weighted by atomic mass is 16.6. The molecule has 1 aromatic heterocycles. The average Bonchev–Trinajstić information content (AvgIpc) is 3.09. The van der Waals surface area contributed by atoms with Crippen molar-refractivity contribution in [3.8, 4) is 0 Å². The van der Waals surface area contributed by atoms with Gasteiger partial charge in [0.25, 0.3) is 5.91 Å². The molecule has 0 bridgehead atoms. The summed E-state index contributed by atoms with van der Waals surface area (Å²) in [4.78, 5) is 37.8. The van der Waals surface area contributed by atoms with Gasteiger partial charge in [-0.1, -0.05) is 0 Å². The molecule has 0 radical (unpaired) electrons. The minimum atomic E-state index is -0.694. The predicted molar refractivity (Wildman–Crippen MR) is 89.6 cm³/mol. The second kappa shape index (κ2) is 8.28. The van der Waals surface area contributed by atoms with Crippen molar-refractivity contribution < 1.29 is 23.7 Å². The largest absolute Gasteiger partial charge is 0.433 e. The Morgan fingerprint density at radius 1 is 1.27 bits per heavy atom. The topological polar surface area (TPSA) is 118 Å². The van der Waals surface area contributed by atoms with Crippen LogP contribution in [0.5, 0.6) is 0 Å². The molecule has 10 nitrogen and oxygen atoms in total. The SMILES string of the molecule is O=C(NCCCN1CCOCC1)C1CN(C(=O)c2ccc([N+](=O)[O-])o2)C1. The molecule has 3 heterocycles. The van der Waals surface area contributed by atoms with E-state index in [-0.39, 0.29) is 17.6 Å². The summed E-state index contributed by atoms with van der Waals surface area (Å²) in [5.41, 5.74) is 0. The zero-order valence-corrected chi connectivity index (χ0v) is 14.4. The maximum atomic E-state index is 12.1. The van der Waals surface area contributed by atoms with Gasteiger partial charge in [0.05, 0.1) is 25.2 Å². The van der Waals surface area contributed by atoms with Crippen LogP contribution in [0.3, 0.4) is 0 Å². The molecule has 0 saturated carbocycles. The molecule has 0 atom stereocenters. The molecule has 0 aliphatic carbocycles. The number of nitrogens with one attached hydrogen (secondary N) is 1. The van der Waals surface area contributed by atoms with E-state index < -0.39 is 16.7 Å². The Morgan fingerprint density at radius 3 is 2.65 bits per heavy atom. The highest BCUT2D eigenvalue weighted by Gasteiger charge is 2.37. The molecule has 2 saturated heterocycles. The van der Waals surface area contributed by atoms with Crippen LogP contribution < -0.4 is 5.32 Å². The number of morpholine rings is 1. The number of ether oxygens (including phenoxy) is 1. The van der Waals surface area contributed by atoms with Crippen molar-refractivity contribution in [2.75, 3.05) is 52.5 Å². The fourth-order valence-electron chi connectivity index (χ4n) is 2.99. The first kappa shape index (κ1) is 18.3. The van der Waals surface area contributed by atoms with Gasteiger partial charge in [0.2, 0.25) is 5.91 Å². The van der Waals surface area contributed by atoms with Gasteiger partial charge in [-0.2, -0.15) is 0 Å². The summed E-state index contributed by atoms with van der Waals surface area (Å²) in [7, 11) is 0. The van der Waals surface area contributed by atoms with Crippen LogP contribution in [0.15, 0.2) is 16.5 Å². The second-order valence-corrected chi connectivity index (χ2v) is 6.40. The summed E-state index contributed by atoms with van der Waals surface area (Å²) in [6.07, 6.45) is 0.872. The Balaban J connectivity index is 1.33. The van der Waals surface area contributed by atoms with Crippen molar-refractivity contribution in [3.05, 3.63) is 28.0 Å². The van der Waals surface area contributed by atoms with Gasteiger partial charge in [0.15, 0.2) is 5.76 Å². The average molecular weight is 366 g/mol. The van der Waals surface area contributed by atoms with Crippen LogP contribution in [-0.2, 0) is 9.53 Å². The summed E-state index contributed by atoms with van der Waals surface area (Å²) >= 11 is 0.